The molecule has 1 spiro atoms. The maximum atomic E-state index is 14.3. The van der Waals surface area contributed by atoms with E-state index in [1.807, 2.05) is 41.3 Å². The molecule has 15 nitrogen and oxygen atoms in total. The van der Waals surface area contributed by atoms with Crippen molar-refractivity contribution in [3.8, 4) is 5.69 Å². The number of piperazine rings is 1. The number of halogens is 1. The van der Waals surface area contributed by atoms with Gasteiger partial charge in [0.25, 0.3) is 21.6 Å². The van der Waals surface area contributed by atoms with Gasteiger partial charge in [0, 0.05) is 99.0 Å². The van der Waals surface area contributed by atoms with Gasteiger partial charge in [0.05, 0.1) is 26.6 Å². The van der Waals surface area contributed by atoms with E-state index in [2.05, 4.69) is 50.6 Å². The van der Waals surface area contributed by atoms with Crippen molar-refractivity contribution in [1.82, 2.24) is 29.4 Å². The maximum absolute atomic E-state index is 14.3. The molecule has 3 saturated heterocycles. The second-order valence-corrected chi connectivity index (χ2v) is 20.7. The van der Waals surface area contributed by atoms with Crippen LogP contribution in [0.1, 0.15) is 61.9 Å². The molecule has 1 aliphatic carbocycles. The molecule has 0 atom stereocenters. The molecule has 332 valence electrons. The minimum atomic E-state index is -4.56. The largest absolute Gasteiger partial charge is 0.381 e. The van der Waals surface area contributed by atoms with Gasteiger partial charge in [0.2, 0.25) is 0 Å². The Labute approximate surface area is 376 Å². The number of H-pyrrole nitrogens is 1. The molecule has 4 aliphatic rings. The van der Waals surface area contributed by atoms with Crippen LogP contribution >= 0.6 is 11.6 Å². The normalized spacial score (nSPS) is 19.0. The number of nitrogens with zero attached hydrogens (tertiary/aromatic N) is 7. The molecule has 3 aromatic carbocycles. The molecule has 2 N–H and O–H groups in total. The first-order chi connectivity index (χ1) is 30.7. The third-order valence-electron chi connectivity index (χ3n) is 13.7. The summed E-state index contributed by atoms with van der Waals surface area (Å²) in [6.07, 6.45) is 8.36. The van der Waals surface area contributed by atoms with Crippen LogP contribution in [0.4, 0.5) is 17.1 Å². The first kappa shape index (κ1) is 42.2. The Balaban J connectivity index is 0.916. The number of benzene rings is 3. The van der Waals surface area contributed by atoms with Crippen molar-refractivity contribution in [2.75, 3.05) is 68.8 Å². The summed E-state index contributed by atoms with van der Waals surface area (Å²) in [7, 11) is -4.56. The van der Waals surface area contributed by atoms with Gasteiger partial charge in [-0.25, -0.2) is 23.1 Å². The number of rotatable bonds is 10. The zero-order valence-electron chi connectivity index (χ0n) is 35.8. The average molecular weight is 904 g/mol. The number of nitro groups is 1. The van der Waals surface area contributed by atoms with Crippen molar-refractivity contribution in [3.05, 3.63) is 117 Å². The fraction of sp³-hybridized carbons (Fsp3) is 0.383. The van der Waals surface area contributed by atoms with Crippen LogP contribution in [0.25, 0.3) is 33.3 Å². The fourth-order valence-corrected chi connectivity index (χ4v) is 11.1. The van der Waals surface area contributed by atoms with Gasteiger partial charge in [0.1, 0.15) is 11.2 Å². The zero-order chi connectivity index (χ0) is 44.4. The Bertz CT molecular complexity index is 2940. The highest BCUT2D eigenvalue weighted by atomic mass is 35.5. The molecule has 0 saturated carbocycles. The summed E-state index contributed by atoms with van der Waals surface area (Å²) in [5.74, 6) is -0.887. The van der Waals surface area contributed by atoms with Crippen molar-refractivity contribution in [2.45, 2.75) is 50.8 Å². The lowest BCUT2D eigenvalue weighted by atomic mass is 9.72. The molecule has 0 bridgehead atoms. The highest BCUT2D eigenvalue weighted by Gasteiger charge is 2.45. The first-order valence-electron chi connectivity index (χ1n) is 21.8. The van der Waals surface area contributed by atoms with Crippen molar-refractivity contribution in [3.63, 3.8) is 0 Å². The number of fused-ring (bicyclic) bond motifs is 2. The van der Waals surface area contributed by atoms with Gasteiger partial charge in [0.15, 0.2) is 5.65 Å². The first-order valence-corrected chi connectivity index (χ1v) is 23.7. The Morgan fingerprint density at radius 2 is 1.70 bits per heavy atom. The second-order valence-electron chi connectivity index (χ2n) is 18.6. The van der Waals surface area contributed by atoms with Gasteiger partial charge in [-0.15, -0.1) is 0 Å². The third-order valence-corrected chi connectivity index (χ3v) is 15.3. The number of carbonyl (C=O) groups excluding carboxylic acids is 1. The van der Waals surface area contributed by atoms with Crippen LogP contribution in [0.15, 0.2) is 95.7 Å². The number of carbonyl (C=O) groups is 1. The number of hydrogen-bond acceptors (Lipinski definition) is 11. The van der Waals surface area contributed by atoms with Gasteiger partial charge >= 0.3 is 0 Å². The predicted molar refractivity (Wildman–Crippen MR) is 248 cm³/mol. The fourth-order valence-electron chi connectivity index (χ4n) is 9.98. The van der Waals surface area contributed by atoms with Gasteiger partial charge in [-0.1, -0.05) is 43.2 Å². The summed E-state index contributed by atoms with van der Waals surface area (Å²) >= 11 is 6.26. The van der Waals surface area contributed by atoms with E-state index in [1.165, 1.54) is 28.8 Å². The van der Waals surface area contributed by atoms with Gasteiger partial charge in [-0.05, 0) is 103 Å². The van der Waals surface area contributed by atoms with E-state index in [4.69, 9.17) is 21.3 Å². The minimum Gasteiger partial charge on any atom is -0.381 e. The summed E-state index contributed by atoms with van der Waals surface area (Å²) in [6, 6.07) is 21.2. The number of sulfonamides is 1. The van der Waals surface area contributed by atoms with Crippen molar-refractivity contribution in [1.29, 1.82) is 0 Å². The van der Waals surface area contributed by atoms with Crippen LogP contribution in [0.2, 0.25) is 5.02 Å². The standard InChI is InChI=1S/C47H50ClN9O6S/c1-46(2)13-11-33(38(26-46)31-3-5-34(48)6-4-31)28-53-17-19-54(20-18-53)35-7-9-37(41(24-35)56-42-23-32-12-16-49-44(32)51-39(42)27-50-56)45(58)52-64(61,62)36-8-10-40(43(25-36)57(59)60)55-29-47(30-55)14-21-63-22-15-47/h3-10,12,16,23-25,27,50H,11,13-15,17-22,26,28-30H2,1-2H3,(H,52,58). The molecule has 6 heterocycles. The van der Waals surface area contributed by atoms with Crippen LogP contribution < -0.4 is 14.5 Å². The molecule has 0 unspecified atom stereocenters. The van der Waals surface area contributed by atoms with E-state index >= 15 is 0 Å². The summed E-state index contributed by atoms with van der Waals surface area (Å²) < 4.78 is 37.3. The molecular weight excluding hydrogens is 854 g/mol. The van der Waals surface area contributed by atoms with Gasteiger partial charge < -0.3 is 14.5 Å². The summed E-state index contributed by atoms with van der Waals surface area (Å²) in [6.45, 7) is 11.3. The number of aromatic nitrogens is 4. The number of allylic oxidation sites excluding steroid dienone is 1. The number of nitro benzene ring substituents is 1. The Morgan fingerprint density at radius 1 is 0.938 bits per heavy atom. The summed E-state index contributed by atoms with van der Waals surface area (Å²) in [4.78, 5) is 41.4. The molecule has 10 rings (SSSR count). The number of pyridine rings is 1. The monoisotopic (exact) mass is 903 g/mol. The zero-order valence-corrected chi connectivity index (χ0v) is 37.4. The van der Waals surface area contributed by atoms with Crippen LogP contribution in [0, 0.1) is 20.9 Å². The third kappa shape index (κ3) is 8.12. The van der Waals surface area contributed by atoms with Crippen LogP contribution in [-0.4, -0.2) is 103 Å². The summed E-state index contributed by atoms with van der Waals surface area (Å²) in [5, 5.41) is 17.1. The van der Waals surface area contributed by atoms with Gasteiger partial charge in [-0.3, -0.25) is 29.6 Å². The quantitative estimate of drug-likeness (QED) is 0.101. The van der Waals surface area contributed by atoms with Crippen LogP contribution in [0.3, 0.4) is 0 Å². The van der Waals surface area contributed by atoms with E-state index in [-0.39, 0.29) is 27.0 Å². The number of hydrogen-bond donors (Lipinski definition) is 2. The van der Waals surface area contributed by atoms with Gasteiger partial charge in [-0.2, -0.15) is 0 Å². The number of aromatic amines is 1. The Morgan fingerprint density at radius 3 is 2.45 bits per heavy atom. The highest BCUT2D eigenvalue weighted by Crippen LogP contribution is 2.46. The molecule has 0 radical (unpaired) electrons. The summed E-state index contributed by atoms with van der Waals surface area (Å²) in [5.41, 5.74) is 7.63. The Hall–Kier alpha value is -5.81. The molecular formula is C47H50ClN9O6S. The topological polar surface area (TPSA) is 172 Å². The Kier molecular flexibility index (Phi) is 10.7. The van der Waals surface area contributed by atoms with Crippen LogP contribution in [0.5, 0.6) is 0 Å². The lowest BCUT2D eigenvalue weighted by Gasteiger charge is -2.53. The number of nitrogens with one attached hydrogen (secondary N) is 2. The molecule has 17 heteroatoms. The molecule has 6 aromatic rings. The lowest BCUT2D eigenvalue weighted by Crippen LogP contribution is -2.58. The molecule has 1 amide bonds. The van der Waals surface area contributed by atoms with Crippen molar-refractivity contribution in [2.24, 2.45) is 10.8 Å². The molecule has 3 aliphatic heterocycles. The second kappa shape index (κ2) is 16.3. The van der Waals surface area contributed by atoms with E-state index < -0.39 is 20.9 Å². The molecule has 64 heavy (non-hydrogen) atoms. The van der Waals surface area contributed by atoms with Crippen LogP contribution in [-0.2, 0) is 14.8 Å². The highest BCUT2D eigenvalue weighted by molar-refractivity contribution is 7.90. The molecule has 3 fully saturated rings. The van der Waals surface area contributed by atoms with Crippen molar-refractivity contribution >= 4 is 72.2 Å². The smallest absolute Gasteiger partial charge is 0.293 e. The number of amides is 1. The number of ether oxygens (including phenoxy) is 1. The average Bonchev–Trinajstić information content (AvgIpc) is 3.92. The lowest BCUT2D eigenvalue weighted by molar-refractivity contribution is -0.384. The SMILES string of the molecule is CC1(C)CCC(CN2CCN(c3ccc(C(=O)NS(=O)(=O)c4ccc(N5CC6(CCOCC6)C5)c([N+](=O)[O-])c4)c(-n4[nH]cc5nc6nccc6cc54)c3)CC2)=C(c2ccc(Cl)cc2)C1. The maximum Gasteiger partial charge on any atom is 0.293 e. The molecule has 3 aromatic heterocycles. The van der Waals surface area contributed by atoms with E-state index in [0.717, 1.165) is 87.0 Å². The number of anilines is 2. The predicted octanol–water partition coefficient (Wildman–Crippen LogP) is 7.98. The minimum absolute atomic E-state index is 0.0466. The van der Waals surface area contributed by atoms with E-state index in [9.17, 15) is 23.3 Å². The van der Waals surface area contributed by atoms with E-state index in [0.29, 0.717) is 54.4 Å². The van der Waals surface area contributed by atoms with E-state index in [1.54, 1.807) is 23.1 Å². The van der Waals surface area contributed by atoms with Crippen molar-refractivity contribution < 1.29 is 22.9 Å².